The Bertz CT molecular complexity index is 359. The molecule has 0 amide bonds. The third-order valence-corrected chi connectivity index (χ3v) is 3.27. The summed E-state index contributed by atoms with van der Waals surface area (Å²) in [5.74, 6) is 0.358. The number of hydrogen-bond donors (Lipinski definition) is 1. The lowest BCUT2D eigenvalue weighted by Gasteiger charge is -2.08. The summed E-state index contributed by atoms with van der Waals surface area (Å²) in [6.07, 6.45) is 1.54. The second kappa shape index (κ2) is 3.74. The van der Waals surface area contributed by atoms with E-state index in [1.165, 1.54) is 6.20 Å². The van der Waals surface area contributed by atoms with Crippen molar-refractivity contribution in [2.24, 2.45) is 0 Å². The van der Waals surface area contributed by atoms with Crippen LogP contribution in [0.4, 0.5) is 5.82 Å². The molecule has 1 aromatic heterocycles. The van der Waals surface area contributed by atoms with E-state index in [1.54, 1.807) is 32.0 Å². The molecule has 4 nitrogen and oxygen atoms in total. The molecule has 72 valence electrons. The monoisotopic (exact) mass is 200 g/mol. The summed E-state index contributed by atoms with van der Waals surface area (Å²) in [6.45, 7) is 3.23. The summed E-state index contributed by atoms with van der Waals surface area (Å²) in [5.41, 5.74) is 0. The number of nitrogens with one attached hydrogen (secondary N) is 1. The van der Waals surface area contributed by atoms with Gasteiger partial charge in [0.15, 0.2) is 0 Å². The molecule has 0 aliphatic rings. The zero-order valence-corrected chi connectivity index (χ0v) is 8.38. The van der Waals surface area contributed by atoms with Crippen molar-refractivity contribution in [3.63, 3.8) is 0 Å². The second-order valence-electron chi connectivity index (χ2n) is 2.91. The van der Waals surface area contributed by atoms with Gasteiger partial charge in [0.2, 0.25) is 10.0 Å². The van der Waals surface area contributed by atoms with Gasteiger partial charge in [-0.15, -0.1) is 0 Å². The molecule has 0 aliphatic carbocycles. The fourth-order valence-corrected chi connectivity index (χ4v) is 1.33. The molecule has 1 heterocycles. The van der Waals surface area contributed by atoms with Crippen LogP contribution in [0, 0.1) is 0 Å². The van der Waals surface area contributed by atoms with E-state index >= 15 is 0 Å². The molecule has 0 saturated heterocycles. The highest BCUT2D eigenvalue weighted by molar-refractivity contribution is 7.93. The minimum Gasteiger partial charge on any atom is -0.267 e. The third kappa shape index (κ3) is 2.69. The topological polar surface area (TPSA) is 59.1 Å². The van der Waals surface area contributed by atoms with Crippen LogP contribution in [-0.4, -0.2) is 18.7 Å². The third-order valence-electron chi connectivity index (χ3n) is 1.53. The molecule has 1 rings (SSSR count). The van der Waals surface area contributed by atoms with Crippen LogP contribution in [0.25, 0.3) is 0 Å². The van der Waals surface area contributed by atoms with Crippen molar-refractivity contribution in [2.75, 3.05) is 4.72 Å². The zero-order chi connectivity index (χ0) is 9.90. The van der Waals surface area contributed by atoms with Crippen molar-refractivity contribution < 1.29 is 8.42 Å². The predicted molar refractivity (Wildman–Crippen MR) is 51.9 cm³/mol. The summed E-state index contributed by atoms with van der Waals surface area (Å²) in [6, 6.07) is 5.07. The van der Waals surface area contributed by atoms with Crippen molar-refractivity contribution in [1.29, 1.82) is 0 Å². The lowest BCUT2D eigenvalue weighted by molar-refractivity contribution is 0.592. The summed E-state index contributed by atoms with van der Waals surface area (Å²) in [5, 5.41) is -0.450. The Labute approximate surface area is 78.1 Å². The van der Waals surface area contributed by atoms with Gasteiger partial charge in [-0.2, -0.15) is 0 Å². The van der Waals surface area contributed by atoms with Gasteiger partial charge in [-0.05, 0) is 26.0 Å². The number of anilines is 1. The second-order valence-corrected chi connectivity index (χ2v) is 5.15. The molecule has 0 atom stereocenters. The number of sulfonamides is 1. The highest BCUT2D eigenvalue weighted by atomic mass is 32.2. The van der Waals surface area contributed by atoms with Gasteiger partial charge in [0.1, 0.15) is 5.82 Å². The number of rotatable bonds is 3. The van der Waals surface area contributed by atoms with Gasteiger partial charge < -0.3 is 0 Å². The molecule has 0 bridgehead atoms. The first-order valence-corrected chi connectivity index (χ1v) is 5.49. The van der Waals surface area contributed by atoms with Crippen molar-refractivity contribution in [3.05, 3.63) is 24.4 Å². The maximum absolute atomic E-state index is 11.3. The van der Waals surface area contributed by atoms with Crippen LogP contribution in [0.3, 0.4) is 0 Å². The van der Waals surface area contributed by atoms with Crippen molar-refractivity contribution in [1.82, 2.24) is 4.98 Å². The molecule has 0 spiro atoms. The Morgan fingerprint density at radius 3 is 2.54 bits per heavy atom. The Kier molecular flexibility index (Phi) is 2.87. The van der Waals surface area contributed by atoms with Gasteiger partial charge in [-0.3, -0.25) is 4.72 Å². The van der Waals surface area contributed by atoms with Crippen molar-refractivity contribution in [2.45, 2.75) is 19.1 Å². The largest absolute Gasteiger partial charge is 0.267 e. The Balaban J connectivity index is 2.82. The molecule has 0 fully saturated rings. The minimum atomic E-state index is -3.26. The molecule has 1 N–H and O–H groups in total. The first-order chi connectivity index (χ1) is 6.02. The van der Waals surface area contributed by atoms with Crippen LogP contribution in [-0.2, 0) is 10.0 Å². The van der Waals surface area contributed by atoms with E-state index in [0.29, 0.717) is 5.82 Å². The maximum Gasteiger partial charge on any atom is 0.236 e. The van der Waals surface area contributed by atoms with E-state index in [0.717, 1.165) is 0 Å². The van der Waals surface area contributed by atoms with E-state index < -0.39 is 15.3 Å². The van der Waals surface area contributed by atoms with Gasteiger partial charge >= 0.3 is 0 Å². The van der Waals surface area contributed by atoms with Crippen LogP contribution in [0.1, 0.15) is 13.8 Å². The van der Waals surface area contributed by atoms with E-state index in [9.17, 15) is 8.42 Å². The molecule has 0 aromatic carbocycles. The van der Waals surface area contributed by atoms with Crippen molar-refractivity contribution >= 4 is 15.8 Å². The fraction of sp³-hybridized carbons (Fsp3) is 0.375. The Morgan fingerprint density at radius 1 is 1.38 bits per heavy atom. The normalized spacial score (nSPS) is 11.6. The first kappa shape index (κ1) is 9.98. The highest BCUT2D eigenvalue weighted by Crippen LogP contribution is 2.07. The molecule has 0 unspecified atom stereocenters. The van der Waals surface area contributed by atoms with Crippen LogP contribution < -0.4 is 4.72 Å². The lowest BCUT2D eigenvalue weighted by atomic mass is 10.5. The van der Waals surface area contributed by atoms with Gasteiger partial charge in [0.25, 0.3) is 0 Å². The summed E-state index contributed by atoms with van der Waals surface area (Å²) in [4.78, 5) is 3.86. The predicted octanol–water partition coefficient (Wildman–Crippen LogP) is 1.23. The average Bonchev–Trinajstić information content (AvgIpc) is 2.05. The van der Waals surface area contributed by atoms with E-state index in [4.69, 9.17) is 0 Å². The van der Waals surface area contributed by atoms with Crippen LogP contribution in [0.2, 0.25) is 0 Å². The molecule has 1 aromatic rings. The van der Waals surface area contributed by atoms with Gasteiger partial charge in [0, 0.05) is 6.20 Å². The summed E-state index contributed by atoms with van der Waals surface area (Å²) in [7, 11) is -3.26. The van der Waals surface area contributed by atoms with Gasteiger partial charge in [-0.1, -0.05) is 6.07 Å². The maximum atomic E-state index is 11.3. The molecule has 0 aliphatic heterocycles. The highest BCUT2D eigenvalue weighted by Gasteiger charge is 2.15. The standard InChI is InChI=1S/C8H12N2O2S/c1-7(2)13(11,12)10-8-5-3-4-6-9-8/h3-7H,1-2H3,(H,9,10). The van der Waals surface area contributed by atoms with Crippen molar-refractivity contribution in [3.8, 4) is 0 Å². The Morgan fingerprint density at radius 2 is 2.08 bits per heavy atom. The molecular formula is C8H12N2O2S. The van der Waals surface area contributed by atoms with E-state index in [-0.39, 0.29) is 0 Å². The smallest absolute Gasteiger partial charge is 0.236 e. The SMILES string of the molecule is CC(C)S(=O)(=O)Nc1ccccn1. The minimum absolute atomic E-state index is 0.358. The lowest BCUT2D eigenvalue weighted by Crippen LogP contribution is -2.22. The zero-order valence-electron chi connectivity index (χ0n) is 7.56. The Hall–Kier alpha value is -1.10. The number of nitrogens with zero attached hydrogens (tertiary/aromatic N) is 1. The van der Waals surface area contributed by atoms with Crippen LogP contribution >= 0.6 is 0 Å². The molecule has 5 heteroatoms. The van der Waals surface area contributed by atoms with Crippen LogP contribution in [0.5, 0.6) is 0 Å². The summed E-state index contributed by atoms with van der Waals surface area (Å²) >= 11 is 0. The molecule has 0 saturated carbocycles. The average molecular weight is 200 g/mol. The van der Waals surface area contributed by atoms with E-state index in [2.05, 4.69) is 9.71 Å². The quantitative estimate of drug-likeness (QED) is 0.798. The van der Waals surface area contributed by atoms with Gasteiger partial charge in [0.05, 0.1) is 5.25 Å². The van der Waals surface area contributed by atoms with E-state index in [1.807, 2.05) is 0 Å². The van der Waals surface area contributed by atoms with Crippen LogP contribution in [0.15, 0.2) is 24.4 Å². The number of pyridine rings is 1. The fourth-order valence-electron chi connectivity index (χ4n) is 0.687. The number of aromatic nitrogens is 1. The molecule has 0 radical (unpaired) electrons. The summed E-state index contributed by atoms with van der Waals surface area (Å²) < 4.78 is 25.1. The first-order valence-electron chi connectivity index (χ1n) is 3.95. The number of hydrogen-bond acceptors (Lipinski definition) is 3. The molecule has 13 heavy (non-hydrogen) atoms. The molecular weight excluding hydrogens is 188 g/mol. The van der Waals surface area contributed by atoms with Gasteiger partial charge in [-0.25, -0.2) is 13.4 Å².